The van der Waals surface area contributed by atoms with Crippen molar-refractivity contribution >= 4 is 23.2 Å². The number of hydrogen-bond acceptors (Lipinski definition) is 0. The van der Waals surface area contributed by atoms with Crippen LogP contribution in [0.1, 0.15) is 18.7 Å². The Morgan fingerprint density at radius 3 is 1.36 bits per heavy atom. The Morgan fingerprint density at radius 1 is 0.682 bits per heavy atom. The van der Waals surface area contributed by atoms with Crippen LogP contribution in [0.5, 0.6) is 0 Å². The SMILES string of the molecule is [2H]C([2H])C([2H])([2H])C[P+](c1ccccc1)(c1ccccc1)c1ccccc1. The molecule has 0 radical (unpaired) electrons. The summed E-state index contributed by atoms with van der Waals surface area (Å²) in [5, 5.41) is 3.21. The molecule has 0 aliphatic heterocycles. The minimum atomic E-state index is -2.34. The van der Waals surface area contributed by atoms with Crippen molar-refractivity contribution < 1.29 is 5.48 Å². The summed E-state index contributed by atoms with van der Waals surface area (Å²) < 4.78 is 32.3. The molecule has 0 atom stereocenters. The second kappa shape index (κ2) is 6.90. The Bertz CT molecular complexity index is 724. The molecule has 0 saturated carbocycles. The maximum Gasteiger partial charge on any atom is 0.112 e. The molecule has 3 rings (SSSR count). The zero-order valence-corrected chi connectivity index (χ0v) is 13.3. The van der Waals surface area contributed by atoms with Crippen molar-refractivity contribution in [2.24, 2.45) is 0 Å². The average Bonchev–Trinajstić information content (AvgIpc) is 2.68. The lowest BCUT2D eigenvalue weighted by Gasteiger charge is -2.27. The molecule has 3 aromatic rings. The summed E-state index contributed by atoms with van der Waals surface area (Å²) in [6.07, 6.45) is -1.79. The van der Waals surface area contributed by atoms with Crippen molar-refractivity contribution in [2.75, 3.05) is 6.16 Å². The van der Waals surface area contributed by atoms with Gasteiger partial charge < -0.3 is 0 Å². The van der Waals surface area contributed by atoms with Gasteiger partial charge in [-0.1, -0.05) is 61.5 Å². The third-order valence-corrected chi connectivity index (χ3v) is 8.12. The number of hydrogen-bond donors (Lipinski definition) is 0. The fourth-order valence-electron chi connectivity index (χ4n) is 2.91. The van der Waals surface area contributed by atoms with Crippen LogP contribution in [0.2, 0.25) is 0 Å². The first kappa shape index (κ1) is 10.8. The van der Waals surface area contributed by atoms with E-state index in [4.69, 9.17) is 5.48 Å². The highest BCUT2D eigenvalue weighted by atomic mass is 31.2. The minimum absolute atomic E-state index is 0.135. The van der Waals surface area contributed by atoms with Gasteiger partial charge in [0.05, 0.1) is 6.16 Å². The zero-order valence-electron chi connectivity index (χ0n) is 16.4. The quantitative estimate of drug-likeness (QED) is 0.613. The predicted molar refractivity (Wildman–Crippen MR) is 100 cm³/mol. The lowest BCUT2D eigenvalue weighted by Crippen LogP contribution is -2.33. The van der Waals surface area contributed by atoms with Crippen molar-refractivity contribution in [3.63, 3.8) is 0 Å². The van der Waals surface area contributed by atoms with Gasteiger partial charge >= 0.3 is 0 Å². The summed E-state index contributed by atoms with van der Waals surface area (Å²) in [6.45, 7) is -1.54. The summed E-state index contributed by atoms with van der Waals surface area (Å²) in [5.41, 5.74) is 0. The summed E-state index contributed by atoms with van der Waals surface area (Å²) >= 11 is 0. The lowest BCUT2D eigenvalue weighted by molar-refractivity contribution is 1.10. The van der Waals surface area contributed by atoms with Crippen molar-refractivity contribution in [1.82, 2.24) is 0 Å². The maximum atomic E-state index is 8.40. The van der Waals surface area contributed by atoms with Gasteiger partial charge in [0, 0.05) is 5.48 Å². The Labute approximate surface area is 139 Å². The van der Waals surface area contributed by atoms with E-state index in [9.17, 15) is 0 Å². The molecule has 0 heterocycles. The molecule has 0 aromatic heterocycles. The van der Waals surface area contributed by atoms with Crippen LogP contribution in [0.3, 0.4) is 0 Å². The van der Waals surface area contributed by atoms with E-state index in [2.05, 4.69) is 0 Å². The summed E-state index contributed by atoms with van der Waals surface area (Å²) in [5.74, 6) is 0. The minimum Gasteiger partial charge on any atom is -0.0620 e. The molecule has 0 fully saturated rings. The third-order valence-electron chi connectivity index (χ3n) is 3.92. The molecule has 0 N–H and O–H groups in total. The predicted octanol–water partition coefficient (Wildman–Crippen LogP) is 4.39. The first-order valence-electron chi connectivity index (χ1n) is 9.52. The Hall–Kier alpha value is -1.91. The first-order valence-corrected chi connectivity index (χ1v) is 9.34. The fourth-order valence-corrected chi connectivity index (χ4v) is 6.66. The van der Waals surface area contributed by atoms with Crippen LogP contribution < -0.4 is 15.9 Å². The molecule has 0 bridgehead atoms. The molecule has 0 aliphatic carbocycles. The second-order valence-corrected chi connectivity index (χ2v) is 8.66. The van der Waals surface area contributed by atoms with Gasteiger partial charge in [0.15, 0.2) is 0 Å². The average molecular weight is 309 g/mol. The van der Waals surface area contributed by atoms with Gasteiger partial charge in [-0.2, -0.15) is 0 Å². The molecule has 0 saturated heterocycles. The van der Waals surface area contributed by atoms with E-state index in [0.717, 1.165) is 15.9 Å². The monoisotopic (exact) mass is 309 g/mol. The van der Waals surface area contributed by atoms with Crippen LogP contribution >= 0.6 is 7.26 Å². The largest absolute Gasteiger partial charge is 0.112 e. The van der Waals surface area contributed by atoms with E-state index in [1.807, 2.05) is 91.0 Å². The first-order chi connectivity index (χ1) is 12.5. The van der Waals surface area contributed by atoms with E-state index in [1.165, 1.54) is 0 Å². The second-order valence-electron chi connectivity index (χ2n) is 5.18. The molecule has 0 spiro atoms. The van der Waals surface area contributed by atoms with Crippen molar-refractivity contribution in [3.05, 3.63) is 91.0 Å². The van der Waals surface area contributed by atoms with Gasteiger partial charge in [0.1, 0.15) is 23.2 Å². The van der Waals surface area contributed by atoms with Crippen molar-refractivity contribution in [3.8, 4) is 0 Å². The lowest BCUT2D eigenvalue weighted by atomic mass is 10.4. The van der Waals surface area contributed by atoms with E-state index in [-0.39, 0.29) is 6.16 Å². The molecule has 1 heteroatoms. The van der Waals surface area contributed by atoms with Crippen LogP contribution in [0.25, 0.3) is 0 Å². The highest BCUT2D eigenvalue weighted by molar-refractivity contribution is 7.95. The van der Waals surface area contributed by atoms with Crippen LogP contribution in [-0.2, 0) is 0 Å². The molecule has 0 unspecified atom stereocenters. The van der Waals surface area contributed by atoms with Crippen LogP contribution in [-0.4, -0.2) is 6.16 Å². The molecule has 0 amide bonds. The summed E-state index contributed by atoms with van der Waals surface area (Å²) in [4.78, 5) is 0. The van der Waals surface area contributed by atoms with Gasteiger partial charge in [-0.25, -0.2) is 0 Å². The molecule has 22 heavy (non-hydrogen) atoms. The number of rotatable bonds is 5. The normalized spacial score (nSPS) is 14.8. The molecule has 110 valence electrons. The van der Waals surface area contributed by atoms with Crippen molar-refractivity contribution in [1.29, 1.82) is 0 Å². The zero-order chi connectivity index (χ0) is 18.6. The van der Waals surface area contributed by atoms with Gasteiger partial charge in [0.25, 0.3) is 0 Å². The molecule has 0 nitrogen and oxygen atoms in total. The molecule has 3 aromatic carbocycles. The third kappa shape index (κ3) is 2.72. The van der Waals surface area contributed by atoms with Gasteiger partial charge in [-0.3, -0.25) is 0 Å². The summed E-state index contributed by atoms with van der Waals surface area (Å²) in [7, 11) is -2.34. The van der Waals surface area contributed by atoms with E-state index < -0.39 is 20.5 Å². The smallest absolute Gasteiger partial charge is 0.0620 e. The standard InChI is InChI=1S/C21H22P/c1-2-18-22(19-12-6-3-7-13-19,20-14-8-4-9-15-20)21-16-10-5-11-17-21/h3-17H,2,18H2,1H3/q+1/i1D2,2D2. The van der Waals surface area contributed by atoms with E-state index in [0.29, 0.717) is 0 Å². The van der Waals surface area contributed by atoms with Crippen LogP contribution in [0.15, 0.2) is 91.0 Å². The Balaban J connectivity index is 2.32. The van der Waals surface area contributed by atoms with Gasteiger partial charge in [-0.05, 0) is 42.8 Å². The van der Waals surface area contributed by atoms with E-state index >= 15 is 0 Å². The van der Waals surface area contributed by atoms with Crippen LogP contribution in [0, 0.1) is 0 Å². The maximum absolute atomic E-state index is 8.40. The van der Waals surface area contributed by atoms with Crippen molar-refractivity contribution in [2.45, 2.75) is 13.2 Å². The highest BCUT2D eigenvalue weighted by Gasteiger charge is 2.43. The Kier molecular flexibility index (Phi) is 3.37. The number of benzene rings is 3. The van der Waals surface area contributed by atoms with Gasteiger partial charge in [0.2, 0.25) is 0 Å². The fraction of sp³-hybridized carbons (Fsp3) is 0.143. The molecular formula is C21H22P+. The van der Waals surface area contributed by atoms with Gasteiger partial charge in [-0.15, -0.1) is 0 Å². The Morgan fingerprint density at radius 2 is 1.05 bits per heavy atom. The van der Waals surface area contributed by atoms with E-state index in [1.54, 1.807) is 0 Å². The molecule has 0 aliphatic rings. The topological polar surface area (TPSA) is 0 Å². The summed E-state index contributed by atoms with van der Waals surface area (Å²) in [6, 6.07) is 30.0. The van der Waals surface area contributed by atoms with Crippen LogP contribution in [0.4, 0.5) is 0 Å². The highest BCUT2D eigenvalue weighted by Crippen LogP contribution is 2.55. The molecular weight excluding hydrogens is 283 g/mol.